The Morgan fingerprint density at radius 3 is 2.57 bits per heavy atom. The number of hydrogen-bond donors (Lipinski definition) is 1. The molecule has 0 fully saturated rings. The highest BCUT2D eigenvalue weighted by Crippen LogP contribution is 2.18. The Labute approximate surface area is 173 Å². The minimum atomic E-state index is -0.282. The number of rotatable bonds is 6. The molecule has 1 amide bonds. The molecule has 0 aliphatic carbocycles. The van der Waals surface area contributed by atoms with E-state index in [1.807, 2.05) is 44.3 Å². The van der Waals surface area contributed by atoms with Gasteiger partial charge in [-0.2, -0.15) is 20.1 Å². The van der Waals surface area contributed by atoms with Crippen LogP contribution in [-0.2, 0) is 6.54 Å². The summed E-state index contributed by atoms with van der Waals surface area (Å²) in [5.74, 6) is -0.486. The number of carbonyl (C=O) groups excluding carboxylic acids is 1. The zero-order chi connectivity index (χ0) is 21.1. The van der Waals surface area contributed by atoms with Crippen molar-refractivity contribution in [3.63, 3.8) is 0 Å². The van der Waals surface area contributed by atoms with Crippen LogP contribution in [0, 0.1) is 12.7 Å². The van der Waals surface area contributed by atoms with Crippen molar-refractivity contribution in [3.05, 3.63) is 84.1 Å². The molecule has 0 aliphatic heterocycles. The van der Waals surface area contributed by atoms with Crippen LogP contribution in [0.1, 0.15) is 22.8 Å². The van der Waals surface area contributed by atoms with Gasteiger partial charge in [0.2, 0.25) is 0 Å². The Balaban J connectivity index is 1.46. The van der Waals surface area contributed by atoms with E-state index < -0.39 is 0 Å². The van der Waals surface area contributed by atoms with Gasteiger partial charge < -0.3 is 5.32 Å². The number of aromatic nitrogens is 5. The second kappa shape index (κ2) is 8.28. The zero-order valence-corrected chi connectivity index (χ0v) is 16.7. The second-order valence-electron chi connectivity index (χ2n) is 7.14. The van der Waals surface area contributed by atoms with Crippen LogP contribution in [0.15, 0.2) is 67.1 Å². The summed E-state index contributed by atoms with van der Waals surface area (Å²) in [7, 11) is 0. The normalized spacial score (nSPS) is 12.0. The Bertz CT molecular complexity index is 1150. The Morgan fingerprint density at radius 2 is 1.83 bits per heavy atom. The van der Waals surface area contributed by atoms with E-state index in [2.05, 4.69) is 20.6 Å². The van der Waals surface area contributed by atoms with E-state index in [4.69, 9.17) is 0 Å². The number of aryl methyl sites for hydroxylation is 1. The van der Waals surface area contributed by atoms with Crippen LogP contribution < -0.4 is 5.32 Å². The standard InChI is InChI=1S/C22H21FN6O/c1-15-3-8-21(29-24-10-11-25-29)19(13-15)22(30)26-16(2)14-28-12-9-20(27-28)17-4-6-18(23)7-5-17/h3-13,16H,14H2,1-2H3,(H,26,30)/t16-/m0/s1. The van der Waals surface area contributed by atoms with Gasteiger partial charge in [-0.3, -0.25) is 9.48 Å². The monoisotopic (exact) mass is 404 g/mol. The fourth-order valence-electron chi connectivity index (χ4n) is 3.21. The molecule has 0 saturated carbocycles. The zero-order valence-electron chi connectivity index (χ0n) is 16.7. The van der Waals surface area contributed by atoms with Crippen LogP contribution in [0.25, 0.3) is 16.9 Å². The summed E-state index contributed by atoms with van der Waals surface area (Å²) in [5.41, 5.74) is 3.68. The molecular weight excluding hydrogens is 383 g/mol. The third-order valence-corrected chi connectivity index (χ3v) is 4.65. The molecule has 2 heterocycles. The predicted octanol–water partition coefficient (Wildman–Crippen LogP) is 3.40. The quantitative estimate of drug-likeness (QED) is 0.534. The summed E-state index contributed by atoms with van der Waals surface area (Å²) >= 11 is 0. The lowest BCUT2D eigenvalue weighted by atomic mass is 10.1. The number of carbonyl (C=O) groups is 1. The molecule has 1 N–H and O–H groups in total. The van der Waals surface area contributed by atoms with Crippen molar-refractivity contribution in [1.29, 1.82) is 0 Å². The van der Waals surface area contributed by atoms with E-state index in [0.29, 0.717) is 17.8 Å². The largest absolute Gasteiger partial charge is 0.348 e. The molecule has 8 heteroatoms. The maximum atomic E-state index is 13.1. The number of halogens is 1. The molecule has 0 radical (unpaired) electrons. The van der Waals surface area contributed by atoms with Gasteiger partial charge in [0.05, 0.1) is 35.9 Å². The van der Waals surface area contributed by atoms with Crippen LogP contribution >= 0.6 is 0 Å². The summed E-state index contributed by atoms with van der Waals surface area (Å²) in [5, 5.41) is 15.8. The van der Waals surface area contributed by atoms with Crippen LogP contribution in [0.4, 0.5) is 4.39 Å². The van der Waals surface area contributed by atoms with Crippen LogP contribution in [0.5, 0.6) is 0 Å². The number of benzene rings is 2. The van der Waals surface area contributed by atoms with Crippen LogP contribution in [0.2, 0.25) is 0 Å². The maximum absolute atomic E-state index is 13.1. The van der Waals surface area contributed by atoms with Crippen LogP contribution in [-0.4, -0.2) is 36.7 Å². The van der Waals surface area contributed by atoms with Crippen molar-refractivity contribution in [3.8, 4) is 16.9 Å². The molecule has 0 aliphatic rings. The van der Waals surface area contributed by atoms with Gasteiger partial charge in [-0.25, -0.2) is 4.39 Å². The molecule has 0 saturated heterocycles. The first kappa shape index (κ1) is 19.5. The minimum Gasteiger partial charge on any atom is -0.348 e. The molecule has 2 aromatic carbocycles. The number of nitrogens with zero attached hydrogens (tertiary/aromatic N) is 5. The average molecular weight is 404 g/mol. The van der Waals surface area contributed by atoms with Gasteiger partial charge >= 0.3 is 0 Å². The molecule has 1 atom stereocenters. The van der Waals surface area contributed by atoms with E-state index in [1.54, 1.807) is 29.2 Å². The molecule has 152 valence electrons. The molecule has 0 bridgehead atoms. The topological polar surface area (TPSA) is 77.6 Å². The fourth-order valence-corrected chi connectivity index (χ4v) is 3.21. The Kier molecular flexibility index (Phi) is 5.38. The average Bonchev–Trinajstić information content (AvgIpc) is 3.41. The third-order valence-electron chi connectivity index (χ3n) is 4.65. The van der Waals surface area contributed by atoms with Crippen molar-refractivity contribution in [2.75, 3.05) is 0 Å². The van der Waals surface area contributed by atoms with Gasteiger partial charge in [-0.15, -0.1) is 0 Å². The Hall–Kier alpha value is -3.81. The molecule has 0 unspecified atom stereocenters. The summed E-state index contributed by atoms with van der Waals surface area (Å²) in [6, 6.07) is 13.5. The summed E-state index contributed by atoms with van der Waals surface area (Å²) in [6.07, 6.45) is 4.98. The van der Waals surface area contributed by atoms with Crippen molar-refractivity contribution < 1.29 is 9.18 Å². The van der Waals surface area contributed by atoms with E-state index in [0.717, 1.165) is 16.8 Å². The van der Waals surface area contributed by atoms with Gasteiger partial charge in [-0.1, -0.05) is 11.6 Å². The molecule has 2 aromatic heterocycles. The molecule has 7 nitrogen and oxygen atoms in total. The number of hydrogen-bond acceptors (Lipinski definition) is 4. The maximum Gasteiger partial charge on any atom is 0.253 e. The van der Waals surface area contributed by atoms with E-state index in [1.165, 1.54) is 16.9 Å². The lowest BCUT2D eigenvalue weighted by Crippen LogP contribution is -2.36. The predicted molar refractivity (Wildman–Crippen MR) is 111 cm³/mol. The van der Waals surface area contributed by atoms with Gasteiger partial charge in [0.15, 0.2) is 0 Å². The van der Waals surface area contributed by atoms with Gasteiger partial charge in [0.1, 0.15) is 5.82 Å². The smallest absolute Gasteiger partial charge is 0.253 e. The second-order valence-corrected chi connectivity index (χ2v) is 7.14. The third kappa shape index (κ3) is 4.27. The van der Waals surface area contributed by atoms with Gasteiger partial charge in [-0.05, 0) is 56.3 Å². The first-order valence-electron chi connectivity index (χ1n) is 9.57. The van der Waals surface area contributed by atoms with E-state index in [9.17, 15) is 9.18 Å². The summed E-state index contributed by atoms with van der Waals surface area (Å²) in [4.78, 5) is 14.4. The van der Waals surface area contributed by atoms with Crippen molar-refractivity contribution >= 4 is 5.91 Å². The van der Waals surface area contributed by atoms with E-state index in [-0.39, 0.29) is 17.8 Å². The number of nitrogens with one attached hydrogen (secondary N) is 1. The van der Waals surface area contributed by atoms with Gasteiger partial charge in [0.25, 0.3) is 5.91 Å². The highest BCUT2D eigenvalue weighted by Gasteiger charge is 2.17. The highest BCUT2D eigenvalue weighted by molar-refractivity contribution is 5.98. The SMILES string of the molecule is Cc1ccc(-n2nccn2)c(C(=O)N[C@@H](C)Cn2ccc(-c3ccc(F)cc3)n2)c1. The first-order valence-corrected chi connectivity index (χ1v) is 9.57. The fraction of sp³-hybridized carbons (Fsp3) is 0.182. The number of amides is 1. The van der Waals surface area contributed by atoms with Crippen molar-refractivity contribution in [2.24, 2.45) is 0 Å². The highest BCUT2D eigenvalue weighted by atomic mass is 19.1. The van der Waals surface area contributed by atoms with Gasteiger partial charge in [0, 0.05) is 17.8 Å². The summed E-state index contributed by atoms with van der Waals surface area (Å²) in [6.45, 7) is 4.34. The van der Waals surface area contributed by atoms with Crippen molar-refractivity contribution in [1.82, 2.24) is 30.1 Å². The molecular formula is C22H21FN6O. The summed E-state index contributed by atoms with van der Waals surface area (Å²) < 4.78 is 14.9. The molecule has 4 rings (SSSR count). The molecule has 4 aromatic rings. The Morgan fingerprint density at radius 1 is 1.10 bits per heavy atom. The van der Waals surface area contributed by atoms with Crippen molar-refractivity contribution in [2.45, 2.75) is 26.4 Å². The van der Waals surface area contributed by atoms with E-state index >= 15 is 0 Å². The van der Waals surface area contributed by atoms with Crippen LogP contribution in [0.3, 0.4) is 0 Å². The molecule has 0 spiro atoms. The first-order chi connectivity index (χ1) is 14.5. The molecule has 30 heavy (non-hydrogen) atoms. The lowest BCUT2D eigenvalue weighted by molar-refractivity contribution is 0.0935. The minimum absolute atomic E-state index is 0.169. The lowest BCUT2D eigenvalue weighted by Gasteiger charge is -2.16.